The molecule has 2 N–H and O–H groups in total. The van der Waals surface area contributed by atoms with Crippen molar-refractivity contribution in [2.45, 2.75) is 51.5 Å². The average Bonchev–Trinajstić information content (AvgIpc) is 2.32. The molecular weight excluding hydrogens is 190 g/mol. The first-order valence-corrected chi connectivity index (χ1v) is 7.36. The molecule has 1 saturated carbocycles. The quantitative estimate of drug-likeness (QED) is 0.728. The van der Waals surface area contributed by atoms with E-state index in [2.05, 4.69) is 13.2 Å². The van der Waals surface area contributed by atoms with Gasteiger partial charge in [-0.15, -0.1) is 0 Å². The van der Waals surface area contributed by atoms with Crippen LogP contribution in [0, 0.1) is 11.8 Å². The van der Waals surface area contributed by atoms with Gasteiger partial charge in [-0.05, 0) is 49.5 Å². The van der Waals surface area contributed by atoms with Crippen LogP contribution in [0.15, 0.2) is 0 Å². The maximum Gasteiger partial charge on any atom is 0.00389 e. The van der Waals surface area contributed by atoms with Gasteiger partial charge in [-0.2, -0.15) is 11.8 Å². The van der Waals surface area contributed by atoms with Gasteiger partial charge in [0.05, 0.1) is 0 Å². The number of rotatable bonds is 4. The minimum absolute atomic E-state index is 0.496. The van der Waals surface area contributed by atoms with Crippen molar-refractivity contribution >= 4 is 11.8 Å². The first-order chi connectivity index (χ1) is 6.72. The summed E-state index contributed by atoms with van der Waals surface area (Å²) in [5.74, 6) is 3.18. The Labute approximate surface area is 93.2 Å². The molecule has 0 aromatic carbocycles. The molecule has 14 heavy (non-hydrogen) atoms. The fourth-order valence-corrected chi connectivity index (χ4v) is 3.27. The van der Waals surface area contributed by atoms with Crippen LogP contribution in [0.2, 0.25) is 0 Å². The molecule has 0 spiro atoms. The van der Waals surface area contributed by atoms with Crippen molar-refractivity contribution in [1.29, 1.82) is 0 Å². The molecule has 84 valence electrons. The smallest absolute Gasteiger partial charge is 0.00389 e. The first-order valence-electron chi connectivity index (χ1n) is 5.97. The molecule has 1 fully saturated rings. The lowest BCUT2D eigenvalue weighted by atomic mass is 9.91. The minimum Gasteiger partial charge on any atom is -0.328 e. The molecule has 0 amide bonds. The topological polar surface area (TPSA) is 26.0 Å². The predicted molar refractivity (Wildman–Crippen MR) is 66.7 cm³/mol. The third-order valence-electron chi connectivity index (χ3n) is 3.32. The van der Waals surface area contributed by atoms with Crippen LogP contribution in [0.5, 0.6) is 0 Å². The third kappa shape index (κ3) is 4.70. The van der Waals surface area contributed by atoms with Gasteiger partial charge in [0.15, 0.2) is 0 Å². The second-order valence-electron chi connectivity index (χ2n) is 4.93. The number of hydrogen-bond acceptors (Lipinski definition) is 2. The van der Waals surface area contributed by atoms with E-state index in [-0.39, 0.29) is 0 Å². The lowest BCUT2D eigenvalue weighted by molar-refractivity contribution is 0.371. The lowest BCUT2D eigenvalue weighted by Gasteiger charge is -2.18. The zero-order valence-electron chi connectivity index (χ0n) is 9.67. The molecule has 2 heteroatoms. The monoisotopic (exact) mass is 215 g/mol. The van der Waals surface area contributed by atoms with E-state index in [4.69, 9.17) is 5.73 Å². The number of nitrogens with two attached hydrogens (primary N) is 1. The van der Waals surface area contributed by atoms with Gasteiger partial charge in [-0.3, -0.25) is 0 Å². The summed E-state index contributed by atoms with van der Waals surface area (Å²) in [5, 5.41) is 0. The summed E-state index contributed by atoms with van der Waals surface area (Å²) < 4.78 is 0. The summed E-state index contributed by atoms with van der Waals surface area (Å²) in [5.41, 5.74) is 5.98. The molecule has 0 aromatic rings. The van der Waals surface area contributed by atoms with Gasteiger partial charge in [-0.25, -0.2) is 0 Å². The van der Waals surface area contributed by atoms with Gasteiger partial charge in [0.2, 0.25) is 0 Å². The van der Waals surface area contributed by atoms with E-state index < -0.39 is 0 Å². The SMILES string of the molecule is CSCC(C)CC1CCCC(N)CC1. The van der Waals surface area contributed by atoms with Gasteiger partial charge in [0.25, 0.3) is 0 Å². The van der Waals surface area contributed by atoms with Crippen LogP contribution < -0.4 is 5.73 Å². The van der Waals surface area contributed by atoms with Crippen LogP contribution in [-0.2, 0) is 0 Å². The molecule has 3 unspecified atom stereocenters. The Balaban J connectivity index is 2.22. The maximum absolute atomic E-state index is 5.98. The molecular formula is C12H25NS. The highest BCUT2D eigenvalue weighted by molar-refractivity contribution is 7.98. The molecule has 0 aliphatic heterocycles. The molecule has 1 rings (SSSR count). The van der Waals surface area contributed by atoms with Crippen molar-refractivity contribution in [3.8, 4) is 0 Å². The Kier molecular flexibility index (Phi) is 5.95. The summed E-state index contributed by atoms with van der Waals surface area (Å²) in [7, 11) is 0. The second kappa shape index (κ2) is 6.73. The summed E-state index contributed by atoms with van der Waals surface area (Å²) in [6.45, 7) is 2.39. The lowest BCUT2D eigenvalue weighted by Crippen LogP contribution is -2.18. The molecule has 0 heterocycles. The van der Waals surface area contributed by atoms with Gasteiger partial charge >= 0.3 is 0 Å². The van der Waals surface area contributed by atoms with E-state index in [0.717, 1.165) is 11.8 Å². The van der Waals surface area contributed by atoms with Crippen molar-refractivity contribution in [2.24, 2.45) is 17.6 Å². The van der Waals surface area contributed by atoms with Crippen LogP contribution in [-0.4, -0.2) is 18.1 Å². The zero-order valence-corrected chi connectivity index (χ0v) is 10.5. The van der Waals surface area contributed by atoms with Crippen molar-refractivity contribution in [3.05, 3.63) is 0 Å². The standard InChI is InChI=1S/C12H25NS/c1-10(9-14-2)8-11-4-3-5-12(13)7-6-11/h10-12H,3-9,13H2,1-2H3. The van der Waals surface area contributed by atoms with Gasteiger partial charge in [0.1, 0.15) is 0 Å². The van der Waals surface area contributed by atoms with Gasteiger partial charge in [0, 0.05) is 6.04 Å². The maximum atomic E-state index is 5.98. The van der Waals surface area contributed by atoms with E-state index in [1.165, 1.54) is 44.3 Å². The Bertz CT molecular complexity index is 149. The Morgan fingerprint density at radius 1 is 1.29 bits per heavy atom. The van der Waals surface area contributed by atoms with E-state index in [0.29, 0.717) is 6.04 Å². The summed E-state index contributed by atoms with van der Waals surface area (Å²) in [6.07, 6.45) is 10.3. The molecule has 1 aliphatic rings. The van der Waals surface area contributed by atoms with Crippen LogP contribution in [0.4, 0.5) is 0 Å². The number of thioether (sulfide) groups is 1. The Morgan fingerprint density at radius 2 is 2.07 bits per heavy atom. The number of hydrogen-bond donors (Lipinski definition) is 1. The van der Waals surface area contributed by atoms with E-state index >= 15 is 0 Å². The largest absolute Gasteiger partial charge is 0.328 e. The minimum atomic E-state index is 0.496. The molecule has 1 nitrogen and oxygen atoms in total. The van der Waals surface area contributed by atoms with Crippen LogP contribution in [0.1, 0.15) is 45.4 Å². The normalized spacial score (nSPS) is 31.1. The van der Waals surface area contributed by atoms with Crippen molar-refractivity contribution < 1.29 is 0 Å². The van der Waals surface area contributed by atoms with Crippen molar-refractivity contribution in [1.82, 2.24) is 0 Å². The Hall–Kier alpha value is 0.310. The highest BCUT2D eigenvalue weighted by atomic mass is 32.2. The fraction of sp³-hybridized carbons (Fsp3) is 1.00. The first kappa shape index (κ1) is 12.4. The Morgan fingerprint density at radius 3 is 2.79 bits per heavy atom. The summed E-state index contributed by atoms with van der Waals surface area (Å²) in [6, 6.07) is 0.496. The second-order valence-corrected chi connectivity index (χ2v) is 5.84. The highest BCUT2D eigenvalue weighted by Crippen LogP contribution is 2.28. The molecule has 0 saturated heterocycles. The van der Waals surface area contributed by atoms with Gasteiger partial charge in [-0.1, -0.05) is 19.8 Å². The van der Waals surface area contributed by atoms with Crippen LogP contribution in [0.3, 0.4) is 0 Å². The summed E-state index contributed by atoms with van der Waals surface area (Å²) in [4.78, 5) is 0. The average molecular weight is 215 g/mol. The summed E-state index contributed by atoms with van der Waals surface area (Å²) >= 11 is 1.98. The van der Waals surface area contributed by atoms with Crippen LogP contribution in [0.25, 0.3) is 0 Å². The highest BCUT2D eigenvalue weighted by Gasteiger charge is 2.18. The van der Waals surface area contributed by atoms with E-state index in [9.17, 15) is 0 Å². The van der Waals surface area contributed by atoms with E-state index in [1.54, 1.807) is 0 Å². The molecule has 0 radical (unpaired) electrons. The third-order valence-corrected chi connectivity index (χ3v) is 4.22. The predicted octanol–water partition coefficient (Wildman–Crippen LogP) is 3.28. The molecule has 0 aromatic heterocycles. The fourth-order valence-electron chi connectivity index (χ4n) is 2.56. The zero-order chi connectivity index (χ0) is 10.4. The van der Waals surface area contributed by atoms with Crippen LogP contribution >= 0.6 is 11.8 Å². The van der Waals surface area contributed by atoms with Gasteiger partial charge < -0.3 is 5.73 Å². The molecule has 0 bridgehead atoms. The molecule has 1 aliphatic carbocycles. The van der Waals surface area contributed by atoms with Crippen molar-refractivity contribution in [3.63, 3.8) is 0 Å². The van der Waals surface area contributed by atoms with E-state index in [1.807, 2.05) is 11.8 Å². The molecule has 3 atom stereocenters. The van der Waals surface area contributed by atoms with Crippen molar-refractivity contribution in [2.75, 3.05) is 12.0 Å².